The van der Waals surface area contributed by atoms with Crippen LogP contribution in [0.15, 0.2) is 91.0 Å². The number of aryl methyl sites for hydroxylation is 1. The normalized spacial score (nSPS) is 17.2. The average molecular weight is 715 g/mol. The Morgan fingerprint density at radius 1 is 0.880 bits per heavy atom. The molecule has 0 heterocycles. The number of hydrogen-bond acceptors (Lipinski definition) is 4. The van der Waals surface area contributed by atoms with E-state index in [1.807, 2.05) is 61.5 Å². The van der Waals surface area contributed by atoms with Crippen molar-refractivity contribution in [2.75, 3.05) is 17.6 Å². The topological polar surface area (TPSA) is 113 Å². The fraction of sp³-hybridized carbons (Fsp3) is 0.366. The van der Waals surface area contributed by atoms with Crippen LogP contribution in [0.2, 0.25) is 5.02 Å². The van der Waals surface area contributed by atoms with Crippen LogP contribution in [0, 0.1) is 18.3 Å². The lowest BCUT2D eigenvalue weighted by Crippen LogP contribution is -2.28. The molecule has 0 spiro atoms. The molecule has 4 aromatic carbocycles. The molecule has 1 aliphatic carbocycles. The van der Waals surface area contributed by atoms with Crippen molar-refractivity contribution >= 4 is 39.2 Å². The number of rotatable bonds is 11. The number of carbonyl (C=O) groups is 2. The summed E-state index contributed by atoms with van der Waals surface area (Å²) in [4.78, 5) is 26.5. The molecule has 0 unspecified atom stereocenters. The van der Waals surface area contributed by atoms with Gasteiger partial charge in [0.25, 0.3) is 16.0 Å². The predicted molar refractivity (Wildman–Crippen MR) is 202 cm³/mol. The number of amides is 2. The smallest absolute Gasteiger partial charge is 0.266 e. The van der Waals surface area contributed by atoms with E-state index in [1.54, 1.807) is 12.1 Å². The molecule has 1 aliphatic rings. The van der Waals surface area contributed by atoms with Crippen molar-refractivity contribution in [2.45, 2.75) is 71.6 Å². The Hall–Kier alpha value is -3.98. The third kappa shape index (κ3) is 10.1. The Balaban J connectivity index is 1.33. The molecule has 0 saturated heterocycles. The molecule has 0 aromatic heterocycles. The first-order valence-corrected chi connectivity index (χ1v) is 19.2. The van der Waals surface area contributed by atoms with Crippen molar-refractivity contribution in [2.24, 2.45) is 11.3 Å². The van der Waals surface area contributed by atoms with Gasteiger partial charge in [0.15, 0.2) is 0 Å². The highest BCUT2D eigenvalue weighted by Crippen LogP contribution is 2.43. The first-order chi connectivity index (χ1) is 23.7. The Kier molecular flexibility index (Phi) is 11.9. The molecular formula is C41H47ClN2O5S. The van der Waals surface area contributed by atoms with Gasteiger partial charge in [0, 0.05) is 22.8 Å². The van der Waals surface area contributed by atoms with Gasteiger partial charge in [-0.1, -0.05) is 87.0 Å². The minimum absolute atomic E-state index is 0.133. The van der Waals surface area contributed by atoms with Crippen molar-refractivity contribution in [1.29, 1.82) is 0 Å². The summed E-state index contributed by atoms with van der Waals surface area (Å²) in [5, 5.41) is 6.32. The van der Waals surface area contributed by atoms with Crippen LogP contribution >= 0.6 is 11.6 Å². The van der Waals surface area contributed by atoms with Gasteiger partial charge < -0.3 is 10.6 Å². The van der Waals surface area contributed by atoms with Gasteiger partial charge in [-0.3, -0.25) is 14.1 Å². The number of hydrogen-bond donors (Lipinski definition) is 3. The molecule has 0 bridgehead atoms. The van der Waals surface area contributed by atoms with Crippen LogP contribution in [-0.4, -0.2) is 37.1 Å². The molecule has 0 radical (unpaired) electrons. The van der Waals surface area contributed by atoms with E-state index in [0.29, 0.717) is 34.0 Å². The first kappa shape index (κ1) is 37.3. The fourth-order valence-electron chi connectivity index (χ4n) is 6.99. The monoisotopic (exact) mass is 714 g/mol. The molecule has 2 amide bonds. The summed E-state index contributed by atoms with van der Waals surface area (Å²) >= 11 is 6.16. The van der Waals surface area contributed by atoms with Gasteiger partial charge in [-0.15, -0.1) is 0 Å². The van der Waals surface area contributed by atoms with E-state index in [1.165, 1.54) is 31.2 Å². The molecule has 1 saturated carbocycles. The number of carbonyl (C=O) groups excluding carboxylic acids is 2. The molecule has 1 atom stereocenters. The third-order valence-corrected chi connectivity index (χ3v) is 11.0. The maximum absolute atomic E-state index is 14.0. The Labute approximate surface area is 301 Å². The molecule has 50 heavy (non-hydrogen) atoms. The molecule has 5 rings (SSSR count). The quantitative estimate of drug-likeness (QED) is 0.134. The first-order valence-electron chi connectivity index (χ1n) is 17.3. The summed E-state index contributed by atoms with van der Waals surface area (Å²) in [6.45, 7) is 8.83. The van der Waals surface area contributed by atoms with Gasteiger partial charge in [0.1, 0.15) is 0 Å². The van der Waals surface area contributed by atoms with E-state index in [0.717, 1.165) is 33.7 Å². The second kappa shape index (κ2) is 15.9. The average Bonchev–Trinajstić information content (AvgIpc) is 3.07. The van der Waals surface area contributed by atoms with Crippen molar-refractivity contribution < 1.29 is 22.6 Å². The van der Waals surface area contributed by atoms with Crippen LogP contribution in [-0.2, 0) is 21.3 Å². The summed E-state index contributed by atoms with van der Waals surface area (Å²) < 4.78 is 30.9. The van der Waals surface area contributed by atoms with E-state index in [4.69, 9.17) is 16.2 Å². The summed E-state index contributed by atoms with van der Waals surface area (Å²) in [5.41, 5.74) is 7.66. The zero-order valence-corrected chi connectivity index (χ0v) is 30.8. The lowest BCUT2D eigenvalue weighted by Gasteiger charge is -2.37. The van der Waals surface area contributed by atoms with Gasteiger partial charge in [-0.2, -0.15) is 8.42 Å². The van der Waals surface area contributed by atoms with Crippen LogP contribution in [0.25, 0.3) is 11.1 Å². The number of nitrogens with one attached hydrogen (secondary N) is 2. The molecular weight excluding hydrogens is 668 g/mol. The number of anilines is 1. The van der Waals surface area contributed by atoms with E-state index in [2.05, 4.69) is 55.7 Å². The second-order valence-electron chi connectivity index (χ2n) is 14.6. The second-order valence-corrected chi connectivity index (χ2v) is 16.6. The molecule has 4 aromatic rings. The molecule has 7 nitrogen and oxygen atoms in total. The largest absolute Gasteiger partial charge is 0.351 e. The van der Waals surface area contributed by atoms with E-state index in [9.17, 15) is 18.0 Å². The SMILES string of the molecule is Cc1cc(Cl)ccc1-c1ccc(NC(=O)[C@@H](Cc2ccc(C(=O)NCCS(=O)(=O)O)cc2)c2ccc(C3CCC(C(C)(C)C)CC3)cc2)cc1. The fourth-order valence-corrected chi connectivity index (χ4v) is 7.58. The van der Waals surface area contributed by atoms with E-state index in [-0.39, 0.29) is 12.5 Å². The van der Waals surface area contributed by atoms with Crippen LogP contribution in [0.1, 0.15) is 90.9 Å². The highest BCUT2D eigenvalue weighted by atomic mass is 35.5. The van der Waals surface area contributed by atoms with Crippen molar-refractivity contribution in [3.63, 3.8) is 0 Å². The Bertz CT molecular complexity index is 1890. The van der Waals surface area contributed by atoms with Crippen molar-refractivity contribution in [3.05, 3.63) is 124 Å². The molecule has 1 fully saturated rings. The molecule has 3 N–H and O–H groups in total. The zero-order valence-electron chi connectivity index (χ0n) is 29.2. The number of benzene rings is 4. The van der Waals surface area contributed by atoms with Crippen LogP contribution in [0.4, 0.5) is 5.69 Å². The van der Waals surface area contributed by atoms with Crippen molar-refractivity contribution in [1.82, 2.24) is 5.32 Å². The highest BCUT2D eigenvalue weighted by Gasteiger charge is 2.30. The van der Waals surface area contributed by atoms with Crippen molar-refractivity contribution in [3.8, 4) is 11.1 Å². The maximum Gasteiger partial charge on any atom is 0.266 e. The van der Waals surface area contributed by atoms with Gasteiger partial charge >= 0.3 is 0 Å². The summed E-state index contributed by atoms with van der Waals surface area (Å²) in [7, 11) is -4.17. The maximum atomic E-state index is 14.0. The van der Waals surface area contributed by atoms with Gasteiger partial charge in [0.05, 0.1) is 11.7 Å². The van der Waals surface area contributed by atoms with E-state index >= 15 is 0 Å². The Morgan fingerprint density at radius 3 is 2.10 bits per heavy atom. The summed E-state index contributed by atoms with van der Waals surface area (Å²) in [6, 6.07) is 29.0. The van der Waals surface area contributed by atoms with E-state index < -0.39 is 27.7 Å². The lowest BCUT2D eigenvalue weighted by atomic mass is 9.68. The van der Waals surface area contributed by atoms with Gasteiger partial charge in [-0.05, 0) is 126 Å². The van der Waals surface area contributed by atoms with Gasteiger partial charge in [-0.25, -0.2) is 0 Å². The summed E-state index contributed by atoms with van der Waals surface area (Å²) in [5.74, 6) is -0.370. The van der Waals surface area contributed by atoms with Gasteiger partial charge in [0.2, 0.25) is 5.91 Å². The zero-order chi connectivity index (χ0) is 36.1. The number of halogens is 1. The van der Waals surface area contributed by atoms with Crippen LogP contribution in [0.5, 0.6) is 0 Å². The predicted octanol–water partition coefficient (Wildman–Crippen LogP) is 9.22. The minimum atomic E-state index is -4.17. The summed E-state index contributed by atoms with van der Waals surface area (Å²) in [6.07, 6.45) is 5.21. The molecule has 264 valence electrons. The minimum Gasteiger partial charge on any atom is -0.351 e. The highest BCUT2D eigenvalue weighted by molar-refractivity contribution is 7.85. The van der Waals surface area contributed by atoms with Crippen LogP contribution < -0.4 is 10.6 Å². The standard InChI is InChI=1S/C41H47ClN2O5S/c1-27-25-35(42)19-22-37(27)31-15-20-36(21-16-31)44-40(46)38(26-28-5-7-33(8-6-28)39(45)43-23-24-50(47,48)49)32-11-9-29(10-12-32)30-13-17-34(18-14-30)41(2,3)4/h5-12,15-16,19-22,25,30,34,38H,13-14,17-18,23-24,26H2,1-4H3,(H,43,45)(H,44,46)(H,47,48,49)/t30?,34?,38-/m0/s1. The molecule has 0 aliphatic heterocycles. The Morgan fingerprint density at radius 2 is 1.52 bits per heavy atom. The van der Waals surface area contributed by atoms with Crippen LogP contribution in [0.3, 0.4) is 0 Å². The lowest BCUT2D eigenvalue weighted by molar-refractivity contribution is -0.117. The third-order valence-electron chi connectivity index (χ3n) is 10.0. The molecule has 9 heteroatoms.